The van der Waals surface area contributed by atoms with Gasteiger partial charge in [0.05, 0.1) is 0 Å². The van der Waals surface area contributed by atoms with Gasteiger partial charge in [-0.15, -0.1) is 0 Å². The maximum Gasteiger partial charge on any atom is 0.313 e. The lowest BCUT2D eigenvalue weighted by Gasteiger charge is -2.39. The molecule has 0 atom stereocenters. The lowest BCUT2D eigenvalue weighted by molar-refractivity contribution is -0.131. The van der Waals surface area contributed by atoms with Crippen molar-refractivity contribution < 1.29 is 8.98 Å². The third kappa shape index (κ3) is 5.45. The van der Waals surface area contributed by atoms with Crippen molar-refractivity contribution in [1.82, 2.24) is 0 Å². The van der Waals surface area contributed by atoms with E-state index in [9.17, 15) is 4.79 Å². The Bertz CT molecular complexity index is 1530. The third-order valence-corrected chi connectivity index (χ3v) is 10.4. The standard InChI is InChI=1S/C38H30O2S/c1-29(39)40-41(36-23-17-33(18-24-36)30-11-5-2-6-12-30,37-25-19-34(20-26-37)31-13-7-3-8-14-31)38-27-21-35(22-28-38)32-15-9-4-10-16-32/h2-28H,1H3. The van der Waals surface area contributed by atoms with Gasteiger partial charge in [-0.2, -0.15) is 0 Å². The molecule has 200 valence electrons. The quantitative estimate of drug-likeness (QED) is 0.198. The van der Waals surface area contributed by atoms with Crippen molar-refractivity contribution in [2.45, 2.75) is 21.6 Å². The molecule has 0 amide bonds. The Kier molecular flexibility index (Phi) is 7.53. The van der Waals surface area contributed by atoms with Crippen molar-refractivity contribution in [3.63, 3.8) is 0 Å². The highest BCUT2D eigenvalue weighted by atomic mass is 32.3. The molecular weight excluding hydrogens is 520 g/mol. The van der Waals surface area contributed by atoms with Crippen LogP contribution in [-0.4, -0.2) is 5.97 Å². The van der Waals surface area contributed by atoms with Crippen LogP contribution in [0, 0.1) is 0 Å². The van der Waals surface area contributed by atoms with E-state index in [4.69, 9.17) is 4.18 Å². The topological polar surface area (TPSA) is 26.3 Å². The Morgan fingerprint density at radius 3 is 0.878 bits per heavy atom. The van der Waals surface area contributed by atoms with Crippen LogP contribution in [0.5, 0.6) is 0 Å². The van der Waals surface area contributed by atoms with Crippen LogP contribution in [0.4, 0.5) is 0 Å². The van der Waals surface area contributed by atoms with Gasteiger partial charge in [-0.1, -0.05) is 127 Å². The van der Waals surface area contributed by atoms with E-state index >= 15 is 0 Å². The van der Waals surface area contributed by atoms with Gasteiger partial charge in [-0.3, -0.25) is 4.79 Å². The molecule has 0 saturated heterocycles. The maximum absolute atomic E-state index is 12.8. The number of carbonyl (C=O) groups is 1. The molecule has 0 bridgehead atoms. The van der Waals surface area contributed by atoms with Crippen LogP contribution < -0.4 is 0 Å². The lowest BCUT2D eigenvalue weighted by Crippen LogP contribution is -2.11. The molecule has 0 aromatic heterocycles. The summed E-state index contributed by atoms with van der Waals surface area (Å²) in [6.45, 7) is 1.50. The van der Waals surface area contributed by atoms with E-state index in [-0.39, 0.29) is 5.97 Å². The first-order valence-electron chi connectivity index (χ1n) is 13.6. The molecule has 41 heavy (non-hydrogen) atoms. The van der Waals surface area contributed by atoms with E-state index < -0.39 is 10.3 Å². The molecule has 3 heteroatoms. The average molecular weight is 551 g/mol. The normalized spacial score (nSPS) is 11.5. The van der Waals surface area contributed by atoms with Crippen molar-refractivity contribution in [1.29, 1.82) is 0 Å². The minimum absolute atomic E-state index is 0.314. The van der Waals surface area contributed by atoms with E-state index in [2.05, 4.69) is 109 Å². The summed E-state index contributed by atoms with van der Waals surface area (Å²) in [7, 11) is -2.38. The maximum atomic E-state index is 12.8. The van der Waals surface area contributed by atoms with Gasteiger partial charge in [0.25, 0.3) is 0 Å². The van der Waals surface area contributed by atoms with E-state index in [0.717, 1.165) is 48.1 Å². The van der Waals surface area contributed by atoms with E-state index in [1.807, 2.05) is 54.6 Å². The third-order valence-electron chi connectivity index (χ3n) is 7.12. The molecule has 0 radical (unpaired) electrons. The largest absolute Gasteiger partial charge is 0.402 e. The zero-order valence-corrected chi connectivity index (χ0v) is 23.6. The van der Waals surface area contributed by atoms with Crippen LogP contribution in [0.1, 0.15) is 6.92 Å². The monoisotopic (exact) mass is 550 g/mol. The molecular formula is C38H30O2S. The molecule has 0 unspecified atom stereocenters. The summed E-state index contributed by atoms with van der Waals surface area (Å²) in [6.07, 6.45) is 0. The van der Waals surface area contributed by atoms with Gasteiger partial charge in [-0.05, 0) is 80.1 Å². The molecule has 0 spiro atoms. The van der Waals surface area contributed by atoms with Crippen molar-refractivity contribution in [3.8, 4) is 33.4 Å². The summed E-state index contributed by atoms with van der Waals surface area (Å²) >= 11 is 0. The summed E-state index contributed by atoms with van der Waals surface area (Å²) in [5.41, 5.74) is 6.78. The van der Waals surface area contributed by atoms with E-state index in [0.29, 0.717) is 0 Å². The molecule has 2 nitrogen and oxygen atoms in total. The predicted octanol–water partition coefficient (Wildman–Crippen LogP) is 10.4. The summed E-state index contributed by atoms with van der Waals surface area (Å²) in [5, 5.41) is 0. The summed E-state index contributed by atoms with van der Waals surface area (Å²) in [6, 6.07) is 56.3. The summed E-state index contributed by atoms with van der Waals surface area (Å²) < 4.78 is 6.48. The van der Waals surface area contributed by atoms with Crippen molar-refractivity contribution >= 4 is 16.3 Å². The molecule has 0 saturated carbocycles. The van der Waals surface area contributed by atoms with Crippen LogP contribution >= 0.6 is 10.3 Å². The van der Waals surface area contributed by atoms with Crippen molar-refractivity contribution in [3.05, 3.63) is 164 Å². The Morgan fingerprint density at radius 2 is 0.634 bits per heavy atom. The van der Waals surface area contributed by atoms with Gasteiger partial charge in [0.15, 0.2) is 0 Å². The second-order valence-corrected chi connectivity index (χ2v) is 12.5. The summed E-state index contributed by atoms with van der Waals surface area (Å²) in [5.74, 6) is -0.314. The first-order chi connectivity index (χ1) is 20.1. The van der Waals surface area contributed by atoms with Crippen LogP contribution in [0.3, 0.4) is 0 Å². The fourth-order valence-electron chi connectivity index (χ4n) is 5.14. The molecule has 6 aromatic rings. The second-order valence-electron chi connectivity index (χ2n) is 9.80. The number of carbonyl (C=O) groups excluding carboxylic acids is 1. The average Bonchev–Trinajstić information content (AvgIpc) is 3.05. The number of hydrogen-bond acceptors (Lipinski definition) is 2. The SMILES string of the molecule is CC(=O)OS(c1ccc(-c2ccccc2)cc1)(c1ccc(-c2ccccc2)cc1)c1ccc(-c2ccccc2)cc1. The molecule has 0 fully saturated rings. The highest BCUT2D eigenvalue weighted by Gasteiger charge is 2.35. The fourth-order valence-corrected chi connectivity index (χ4v) is 8.15. The smallest absolute Gasteiger partial charge is 0.313 e. The first-order valence-corrected chi connectivity index (χ1v) is 15.2. The van der Waals surface area contributed by atoms with Crippen molar-refractivity contribution in [2.24, 2.45) is 0 Å². The minimum Gasteiger partial charge on any atom is -0.402 e. The molecule has 6 aromatic carbocycles. The molecule has 0 aliphatic carbocycles. The number of benzene rings is 6. The number of rotatable bonds is 7. The van der Waals surface area contributed by atoms with Gasteiger partial charge >= 0.3 is 5.97 Å². The van der Waals surface area contributed by atoms with Gasteiger partial charge in [0.1, 0.15) is 0 Å². The summed E-state index contributed by atoms with van der Waals surface area (Å²) in [4.78, 5) is 15.7. The first kappa shape index (κ1) is 26.4. The van der Waals surface area contributed by atoms with Crippen molar-refractivity contribution in [2.75, 3.05) is 0 Å². The Labute approximate surface area is 243 Å². The zero-order valence-electron chi connectivity index (χ0n) is 22.8. The van der Waals surface area contributed by atoms with E-state index in [1.54, 1.807) is 0 Å². The highest BCUT2D eigenvalue weighted by Crippen LogP contribution is 2.69. The van der Waals surface area contributed by atoms with Crippen LogP contribution in [0.25, 0.3) is 33.4 Å². The van der Waals surface area contributed by atoms with E-state index in [1.165, 1.54) is 6.92 Å². The molecule has 0 heterocycles. The van der Waals surface area contributed by atoms with Gasteiger partial charge in [-0.25, -0.2) is 0 Å². The number of hydrogen-bond donors (Lipinski definition) is 0. The fraction of sp³-hybridized carbons (Fsp3) is 0.0263. The van der Waals surface area contributed by atoms with Crippen LogP contribution in [0.15, 0.2) is 178 Å². The van der Waals surface area contributed by atoms with Gasteiger partial charge in [0.2, 0.25) is 0 Å². The predicted molar refractivity (Wildman–Crippen MR) is 170 cm³/mol. The Balaban J connectivity index is 1.51. The second kappa shape index (κ2) is 11.7. The lowest BCUT2D eigenvalue weighted by atomic mass is 10.1. The molecule has 6 rings (SSSR count). The zero-order chi connectivity index (χ0) is 28.1. The van der Waals surface area contributed by atoms with Crippen LogP contribution in [0.2, 0.25) is 0 Å². The minimum atomic E-state index is -2.38. The molecule has 0 aliphatic rings. The van der Waals surface area contributed by atoms with Gasteiger partial charge in [0, 0.05) is 21.6 Å². The van der Waals surface area contributed by atoms with Gasteiger partial charge < -0.3 is 4.18 Å². The Hall–Kier alpha value is -4.86. The molecule has 0 N–H and O–H groups in total. The highest BCUT2D eigenvalue weighted by molar-refractivity contribution is 8.30. The Morgan fingerprint density at radius 1 is 0.390 bits per heavy atom. The molecule has 0 aliphatic heterocycles. The van der Waals surface area contributed by atoms with Crippen LogP contribution in [-0.2, 0) is 8.98 Å².